The molecule has 0 saturated carbocycles. The number of hydrogen-bond donors (Lipinski definition) is 2. The molecular weight excluding hydrogens is 224 g/mol. The van der Waals surface area contributed by atoms with E-state index in [0.29, 0.717) is 11.2 Å². The molecule has 0 aliphatic heterocycles. The summed E-state index contributed by atoms with van der Waals surface area (Å²) in [5, 5.41) is 7.00. The zero-order valence-corrected chi connectivity index (χ0v) is 10.9. The molecule has 15 heavy (non-hydrogen) atoms. The van der Waals surface area contributed by atoms with Gasteiger partial charge in [0.1, 0.15) is 0 Å². The summed E-state index contributed by atoms with van der Waals surface area (Å²) in [6.07, 6.45) is 0. The van der Waals surface area contributed by atoms with Crippen LogP contribution in [0.3, 0.4) is 0 Å². The van der Waals surface area contributed by atoms with Crippen LogP contribution in [0.2, 0.25) is 0 Å². The Morgan fingerprint density at radius 1 is 1.27 bits per heavy atom. The summed E-state index contributed by atoms with van der Waals surface area (Å²) in [5.74, 6) is 0. The van der Waals surface area contributed by atoms with E-state index in [1.165, 1.54) is 5.56 Å². The monoisotopic (exact) mass is 242 g/mol. The van der Waals surface area contributed by atoms with Crippen molar-refractivity contribution in [3.05, 3.63) is 35.9 Å². The van der Waals surface area contributed by atoms with Crippen LogP contribution in [0, 0.1) is 0 Å². The molecule has 0 amide bonds. The summed E-state index contributed by atoms with van der Waals surface area (Å²) in [5.41, 5.74) is 1.24. The number of hydrogen-bond acceptors (Lipinski definition) is 1. The standard InChI is InChI=1S/C11H16N2S.H2S/c1-9(2)13-11(14)12-8-10-6-4-3-5-7-10;/h3-7,9H,8H2,1-2H3,(H2,12,13,14);1H2. The fourth-order valence-electron chi connectivity index (χ4n) is 1.09. The van der Waals surface area contributed by atoms with Crippen LogP contribution in [-0.4, -0.2) is 11.2 Å². The lowest BCUT2D eigenvalue weighted by molar-refractivity contribution is 0.712. The molecule has 0 radical (unpaired) electrons. The highest BCUT2D eigenvalue weighted by atomic mass is 32.1. The van der Waals surface area contributed by atoms with Crippen molar-refractivity contribution >= 4 is 30.8 Å². The van der Waals surface area contributed by atoms with Gasteiger partial charge in [-0.3, -0.25) is 0 Å². The molecule has 2 N–H and O–H groups in total. The lowest BCUT2D eigenvalue weighted by Crippen LogP contribution is -2.38. The largest absolute Gasteiger partial charge is 0.361 e. The molecule has 0 atom stereocenters. The highest BCUT2D eigenvalue weighted by molar-refractivity contribution is 7.80. The van der Waals surface area contributed by atoms with Gasteiger partial charge in [0, 0.05) is 12.6 Å². The fraction of sp³-hybridized carbons (Fsp3) is 0.364. The molecule has 0 aromatic heterocycles. The third kappa shape index (κ3) is 6.36. The molecule has 0 spiro atoms. The van der Waals surface area contributed by atoms with Crippen molar-refractivity contribution in [1.82, 2.24) is 10.6 Å². The smallest absolute Gasteiger partial charge is 0.166 e. The second-order valence-electron chi connectivity index (χ2n) is 3.47. The van der Waals surface area contributed by atoms with Gasteiger partial charge in [-0.1, -0.05) is 30.3 Å². The van der Waals surface area contributed by atoms with E-state index in [2.05, 4.69) is 36.6 Å². The molecular formula is C11H18N2S2. The first-order valence-corrected chi connectivity index (χ1v) is 5.17. The first-order valence-electron chi connectivity index (χ1n) is 4.77. The minimum atomic E-state index is 0. The quantitative estimate of drug-likeness (QED) is 0.795. The van der Waals surface area contributed by atoms with Crippen molar-refractivity contribution in [2.75, 3.05) is 0 Å². The van der Waals surface area contributed by atoms with Gasteiger partial charge in [-0.15, -0.1) is 0 Å². The minimum Gasteiger partial charge on any atom is -0.361 e. The Kier molecular flexibility index (Phi) is 7.17. The zero-order valence-electron chi connectivity index (χ0n) is 9.08. The Balaban J connectivity index is 0.00000196. The molecule has 1 rings (SSSR count). The Bertz CT molecular complexity index is 286. The van der Waals surface area contributed by atoms with Gasteiger partial charge < -0.3 is 10.6 Å². The van der Waals surface area contributed by atoms with Gasteiger partial charge in [0.25, 0.3) is 0 Å². The van der Waals surface area contributed by atoms with Crippen molar-refractivity contribution < 1.29 is 0 Å². The summed E-state index contributed by atoms with van der Waals surface area (Å²) < 4.78 is 0. The van der Waals surface area contributed by atoms with E-state index in [0.717, 1.165) is 6.54 Å². The Morgan fingerprint density at radius 3 is 2.40 bits per heavy atom. The first-order chi connectivity index (χ1) is 6.68. The average molecular weight is 242 g/mol. The van der Waals surface area contributed by atoms with E-state index >= 15 is 0 Å². The number of benzene rings is 1. The zero-order chi connectivity index (χ0) is 10.4. The summed E-state index contributed by atoms with van der Waals surface area (Å²) in [6, 6.07) is 10.6. The van der Waals surface area contributed by atoms with Crippen molar-refractivity contribution in [1.29, 1.82) is 0 Å². The maximum atomic E-state index is 5.11. The van der Waals surface area contributed by atoms with E-state index < -0.39 is 0 Å². The number of thiocarbonyl (C=S) groups is 1. The van der Waals surface area contributed by atoms with Crippen LogP contribution < -0.4 is 10.6 Å². The molecule has 2 nitrogen and oxygen atoms in total. The molecule has 1 aromatic rings. The van der Waals surface area contributed by atoms with Gasteiger partial charge in [0.05, 0.1) is 0 Å². The number of nitrogens with one attached hydrogen (secondary N) is 2. The van der Waals surface area contributed by atoms with Crippen molar-refractivity contribution in [3.8, 4) is 0 Å². The molecule has 0 fully saturated rings. The van der Waals surface area contributed by atoms with Crippen molar-refractivity contribution in [2.45, 2.75) is 26.4 Å². The maximum Gasteiger partial charge on any atom is 0.166 e. The predicted molar refractivity (Wildman–Crippen MR) is 74.5 cm³/mol. The highest BCUT2D eigenvalue weighted by Crippen LogP contribution is 1.96. The van der Waals surface area contributed by atoms with E-state index in [1.807, 2.05) is 18.2 Å². The topological polar surface area (TPSA) is 24.1 Å². The molecule has 0 aliphatic carbocycles. The third-order valence-corrected chi connectivity index (χ3v) is 1.98. The second kappa shape index (κ2) is 7.54. The molecule has 0 bridgehead atoms. The van der Waals surface area contributed by atoms with Crippen LogP contribution in [0.25, 0.3) is 0 Å². The van der Waals surface area contributed by atoms with Gasteiger partial charge in [0.2, 0.25) is 0 Å². The van der Waals surface area contributed by atoms with Gasteiger partial charge in [-0.25, -0.2) is 0 Å². The van der Waals surface area contributed by atoms with Crippen LogP contribution in [0.5, 0.6) is 0 Å². The Morgan fingerprint density at radius 2 is 1.87 bits per heavy atom. The first kappa shape index (κ1) is 14.3. The van der Waals surface area contributed by atoms with Crippen LogP contribution in [0.4, 0.5) is 0 Å². The molecule has 0 saturated heterocycles. The minimum absolute atomic E-state index is 0. The third-order valence-electron chi connectivity index (χ3n) is 1.72. The van der Waals surface area contributed by atoms with E-state index in [1.54, 1.807) is 0 Å². The van der Waals surface area contributed by atoms with Gasteiger partial charge in [-0.05, 0) is 31.6 Å². The lowest BCUT2D eigenvalue weighted by atomic mass is 10.2. The van der Waals surface area contributed by atoms with E-state index in [9.17, 15) is 0 Å². The number of rotatable bonds is 3. The van der Waals surface area contributed by atoms with Crippen molar-refractivity contribution in [3.63, 3.8) is 0 Å². The van der Waals surface area contributed by atoms with Crippen molar-refractivity contribution in [2.24, 2.45) is 0 Å². The predicted octanol–water partition coefficient (Wildman–Crippen LogP) is 2.17. The Hall–Kier alpha value is -0.740. The fourth-order valence-corrected chi connectivity index (χ4v) is 1.40. The van der Waals surface area contributed by atoms with Crippen LogP contribution in [-0.2, 0) is 6.54 Å². The molecule has 84 valence electrons. The average Bonchev–Trinajstić information content (AvgIpc) is 2.15. The molecule has 0 heterocycles. The van der Waals surface area contributed by atoms with E-state index in [4.69, 9.17) is 12.2 Å². The van der Waals surface area contributed by atoms with Gasteiger partial charge >= 0.3 is 0 Å². The molecule has 1 aromatic carbocycles. The summed E-state index contributed by atoms with van der Waals surface area (Å²) >= 11 is 5.11. The maximum absolute atomic E-state index is 5.11. The van der Waals surface area contributed by atoms with Gasteiger partial charge in [0.15, 0.2) is 5.11 Å². The van der Waals surface area contributed by atoms with Crippen LogP contribution in [0.1, 0.15) is 19.4 Å². The highest BCUT2D eigenvalue weighted by Gasteiger charge is 1.97. The molecule has 0 unspecified atom stereocenters. The lowest BCUT2D eigenvalue weighted by Gasteiger charge is -2.12. The second-order valence-corrected chi connectivity index (χ2v) is 3.88. The normalized spacial score (nSPS) is 9.27. The SMILES string of the molecule is CC(C)NC(=S)NCc1ccccc1.S. The van der Waals surface area contributed by atoms with Crippen LogP contribution >= 0.6 is 25.7 Å². The van der Waals surface area contributed by atoms with E-state index in [-0.39, 0.29) is 13.5 Å². The summed E-state index contributed by atoms with van der Waals surface area (Å²) in [7, 11) is 0. The summed E-state index contributed by atoms with van der Waals surface area (Å²) in [6.45, 7) is 4.91. The molecule has 0 aliphatic rings. The van der Waals surface area contributed by atoms with Crippen LogP contribution in [0.15, 0.2) is 30.3 Å². The Labute approximate surface area is 104 Å². The van der Waals surface area contributed by atoms with Gasteiger partial charge in [-0.2, -0.15) is 13.5 Å². The molecule has 4 heteroatoms. The summed E-state index contributed by atoms with van der Waals surface area (Å²) in [4.78, 5) is 0.